The standard InChI is InChI=1S/C21H21NOS/c1-24-14-13-19-22-21(16-8-3-2-4-9-16)20-17-10-6-5-7-15(17)11-12-18(20)23-19/h2-12,19,21-22H,13-14H2,1H3/t19-,21+/m1/s1. The van der Waals surface area contributed by atoms with Gasteiger partial charge in [0.05, 0.1) is 6.04 Å². The first-order valence-electron chi connectivity index (χ1n) is 8.35. The number of fused-ring (bicyclic) bond motifs is 3. The summed E-state index contributed by atoms with van der Waals surface area (Å²) in [5.74, 6) is 2.09. The zero-order chi connectivity index (χ0) is 16.4. The molecule has 0 unspecified atom stereocenters. The molecule has 0 radical (unpaired) electrons. The van der Waals surface area contributed by atoms with E-state index in [9.17, 15) is 0 Å². The van der Waals surface area contributed by atoms with Gasteiger partial charge < -0.3 is 4.74 Å². The van der Waals surface area contributed by atoms with Crippen LogP contribution in [-0.2, 0) is 0 Å². The van der Waals surface area contributed by atoms with Gasteiger partial charge in [-0.3, -0.25) is 5.32 Å². The van der Waals surface area contributed by atoms with E-state index in [2.05, 4.69) is 78.3 Å². The van der Waals surface area contributed by atoms with Gasteiger partial charge in [-0.2, -0.15) is 11.8 Å². The number of nitrogens with one attached hydrogen (secondary N) is 1. The number of ether oxygens (including phenoxy) is 1. The maximum atomic E-state index is 6.27. The Morgan fingerprint density at radius 1 is 0.958 bits per heavy atom. The summed E-state index contributed by atoms with van der Waals surface area (Å²) in [4.78, 5) is 0. The number of thioether (sulfide) groups is 1. The Balaban J connectivity index is 1.84. The molecule has 122 valence electrons. The van der Waals surface area contributed by atoms with E-state index in [1.54, 1.807) is 0 Å². The highest BCUT2D eigenvalue weighted by molar-refractivity contribution is 7.98. The fourth-order valence-corrected chi connectivity index (χ4v) is 3.86. The SMILES string of the molecule is CSCC[C@@H]1N[C@@H](c2ccccc2)c2c(ccc3ccccc23)O1. The van der Waals surface area contributed by atoms with Gasteiger partial charge in [0, 0.05) is 12.0 Å². The molecule has 0 aliphatic carbocycles. The molecular formula is C21H21NOS. The molecule has 24 heavy (non-hydrogen) atoms. The van der Waals surface area contributed by atoms with Crippen molar-refractivity contribution < 1.29 is 4.74 Å². The van der Waals surface area contributed by atoms with E-state index in [-0.39, 0.29) is 12.3 Å². The molecule has 0 fully saturated rings. The second-order valence-corrected chi connectivity index (χ2v) is 7.08. The van der Waals surface area contributed by atoms with Gasteiger partial charge in [-0.15, -0.1) is 0 Å². The molecule has 1 heterocycles. The Hall–Kier alpha value is -1.97. The van der Waals surface area contributed by atoms with Gasteiger partial charge in [0.25, 0.3) is 0 Å². The van der Waals surface area contributed by atoms with Gasteiger partial charge in [0.1, 0.15) is 5.75 Å². The van der Waals surface area contributed by atoms with Gasteiger partial charge in [0.15, 0.2) is 6.23 Å². The molecule has 2 nitrogen and oxygen atoms in total. The van der Waals surface area contributed by atoms with Crippen molar-refractivity contribution >= 4 is 22.5 Å². The molecule has 1 N–H and O–H groups in total. The van der Waals surface area contributed by atoms with Gasteiger partial charge in [-0.25, -0.2) is 0 Å². The van der Waals surface area contributed by atoms with Crippen molar-refractivity contribution in [3.63, 3.8) is 0 Å². The van der Waals surface area contributed by atoms with E-state index in [0.29, 0.717) is 0 Å². The molecule has 1 aliphatic heterocycles. The van der Waals surface area contributed by atoms with Crippen LogP contribution in [0.25, 0.3) is 10.8 Å². The summed E-state index contributed by atoms with van der Waals surface area (Å²) in [6, 6.07) is 23.7. The van der Waals surface area contributed by atoms with Crippen molar-refractivity contribution in [3.8, 4) is 5.75 Å². The normalized spacial score (nSPS) is 19.7. The van der Waals surface area contributed by atoms with E-state index in [1.807, 2.05) is 11.8 Å². The van der Waals surface area contributed by atoms with Crippen LogP contribution in [0, 0.1) is 0 Å². The first-order valence-corrected chi connectivity index (χ1v) is 9.74. The summed E-state index contributed by atoms with van der Waals surface area (Å²) >= 11 is 1.86. The van der Waals surface area contributed by atoms with Crippen LogP contribution in [0.3, 0.4) is 0 Å². The molecular weight excluding hydrogens is 314 g/mol. The zero-order valence-corrected chi connectivity index (χ0v) is 14.6. The minimum atomic E-state index is 0.0521. The Labute approximate surface area is 147 Å². The largest absolute Gasteiger partial charge is 0.475 e. The van der Waals surface area contributed by atoms with Crippen LogP contribution in [0.2, 0.25) is 0 Å². The van der Waals surface area contributed by atoms with Gasteiger partial charge in [-0.05, 0) is 34.4 Å². The lowest BCUT2D eigenvalue weighted by Gasteiger charge is -2.35. The Morgan fingerprint density at radius 2 is 1.75 bits per heavy atom. The molecule has 4 rings (SSSR count). The third kappa shape index (κ3) is 2.90. The molecule has 0 amide bonds. The van der Waals surface area contributed by atoms with Crippen LogP contribution in [-0.4, -0.2) is 18.2 Å². The van der Waals surface area contributed by atoms with Gasteiger partial charge in [-0.1, -0.05) is 60.7 Å². The molecule has 0 spiro atoms. The fourth-order valence-electron chi connectivity index (χ4n) is 3.41. The molecule has 0 aromatic heterocycles. The highest BCUT2D eigenvalue weighted by Gasteiger charge is 2.29. The lowest BCUT2D eigenvalue weighted by molar-refractivity contribution is 0.129. The molecule has 3 aromatic carbocycles. The average molecular weight is 335 g/mol. The first kappa shape index (κ1) is 15.6. The van der Waals surface area contributed by atoms with Crippen LogP contribution in [0.1, 0.15) is 23.6 Å². The van der Waals surface area contributed by atoms with Crippen LogP contribution in [0.5, 0.6) is 5.75 Å². The zero-order valence-electron chi connectivity index (χ0n) is 13.7. The van der Waals surface area contributed by atoms with E-state index in [1.165, 1.54) is 21.9 Å². The van der Waals surface area contributed by atoms with Crippen molar-refractivity contribution in [3.05, 3.63) is 77.9 Å². The van der Waals surface area contributed by atoms with Crippen molar-refractivity contribution in [1.82, 2.24) is 5.32 Å². The molecule has 0 saturated heterocycles. The molecule has 0 bridgehead atoms. The van der Waals surface area contributed by atoms with Crippen molar-refractivity contribution in [2.24, 2.45) is 0 Å². The molecule has 1 aliphatic rings. The Morgan fingerprint density at radius 3 is 2.58 bits per heavy atom. The summed E-state index contributed by atoms with van der Waals surface area (Å²) < 4.78 is 6.27. The van der Waals surface area contributed by atoms with Crippen LogP contribution < -0.4 is 10.1 Å². The van der Waals surface area contributed by atoms with Gasteiger partial charge >= 0.3 is 0 Å². The van der Waals surface area contributed by atoms with Gasteiger partial charge in [0.2, 0.25) is 0 Å². The third-order valence-electron chi connectivity index (χ3n) is 4.56. The summed E-state index contributed by atoms with van der Waals surface area (Å²) in [6.45, 7) is 0. The lowest BCUT2D eigenvalue weighted by atomic mass is 9.91. The summed E-state index contributed by atoms with van der Waals surface area (Å²) in [5, 5.41) is 6.24. The Kier molecular flexibility index (Phi) is 4.46. The summed E-state index contributed by atoms with van der Waals surface area (Å²) in [6.07, 6.45) is 3.19. The maximum Gasteiger partial charge on any atom is 0.151 e. The van der Waals surface area contributed by atoms with Crippen LogP contribution in [0.4, 0.5) is 0 Å². The Bertz CT molecular complexity index is 834. The van der Waals surface area contributed by atoms with E-state index >= 15 is 0 Å². The molecule has 2 atom stereocenters. The van der Waals surface area contributed by atoms with Crippen molar-refractivity contribution in [1.29, 1.82) is 0 Å². The molecule has 3 heteroatoms. The number of hydrogen-bond acceptors (Lipinski definition) is 3. The maximum absolute atomic E-state index is 6.27. The monoisotopic (exact) mass is 335 g/mol. The highest BCUT2D eigenvalue weighted by atomic mass is 32.2. The molecule has 0 saturated carbocycles. The summed E-state index contributed by atoms with van der Waals surface area (Å²) in [7, 11) is 0. The lowest BCUT2D eigenvalue weighted by Crippen LogP contribution is -2.42. The van der Waals surface area contributed by atoms with Crippen molar-refractivity contribution in [2.75, 3.05) is 12.0 Å². The minimum absolute atomic E-state index is 0.0521. The van der Waals surface area contributed by atoms with Crippen LogP contribution in [0.15, 0.2) is 66.7 Å². The quantitative estimate of drug-likeness (QED) is 0.726. The van der Waals surface area contributed by atoms with E-state index in [4.69, 9.17) is 4.74 Å². The predicted octanol–water partition coefficient (Wildman–Crippen LogP) is 4.99. The van der Waals surface area contributed by atoms with E-state index < -0.39 is 0 Å². The average Bonchev–Trinajstić information content (AvgIpc) is 2.66. The third-order valence-corrected chi connectivity index (χ3v) is 5.20. The number of rotatable bonds is 4. The molecule has 3 aromatic rings. The smallest absolute Gasteiger partial charge is 0.151 e. The van der Waals surface area contributed by atoms with E-state index in [0.717, 1.165) is 17.9 Å². The topological polar surface area (TPSA) is 21.3 Å². The van der Waals surface area contributed by atoms with Crippen molar-refractivity contribution in [2.45, 2.75) is 18.7 Å². The minimum Gasteiger partial charge on any atom is -0.475 e. The highest BCUT2D eigenvalue weighted by Crippen LogP contribution is 2.40. The van der Waals surface area contributed by atoms with Crippen LogP contribution >= 0.6 is 11.8 Å². The number of benzene rings is 3. The second kappa shape index (κ2) is 6.88. The first-order chi connectivity index (χ1) is 11.9. The fraction of sp³-hybridized carbons (Fsp3) is 0.238. The predicted molar refractivity (Wildman–Crippen MR) is 103 cm³/mol. The number of hydrogen-bond donors (Lipinski definition) is 1. The summed E-state index contributed by atoms with van der Waals surface area (Å²) in [5.41, 5.74) is 2.53. The second-order valence-electron chi connectivity index (χ2n) is 6.10.